The van der Waals surface area contributed by atoms with Crippen LogP contribution in [0.15, 0.2) is 18.2 Å². The molecule has 0 saturated carbocycles. The summed E-state index contributed by atoms with van der Waals surface area (Å²) in [6, 6.07) is 7.40. The molecular weight excluding hydrogens is 222 g/mol. The third-order valence-electron chi connectivity index (χ3n) is 4.22. The normalized spacial score (nSPS) is 28.6. The summed E-state index contributed by atoms with van der Waals surface area (Å²) in [7, 11) is 0. The van der Waals surface area contributed by atoms with Gasteiger partial charge in [-0.15, -0.1) is 0 Å². The summed E-state index contributed by atoms with van der Waals surface area (Å²) in [4.78, 5) is 2.65. The summed E-state index contributed by atoms with van der Waals surface area (Å²) in [5, 5.41) is 7.01. The zero-order valence-corrected chi connectivity index (χ0v) is 11.4. The average molecular weight is 245 g/mol. The maximum Gasteiger partial charge on any atom is 0.0412 e. The quantitative estimate of drug-likeness (QED) is 0.792. The van der Waals surface area contributed by atoms with E-state index in [4.69, 9.17) is 0 Å². The Morgan fingerprint density at radius 3 is 2.78 bits per heavy atom. The van der Waals surface area contributed by atoms with Gasteiger partial charge in [0.2, 0.25) is 0 Å². The van der Waals surface area contributed by atoms with E-state index in [9.17, 15) is 0 Å². The number of nitrogens with zero attached hydrogens (tertiary/aromatic N) is 1. The summed E-state index contributed by atoms with van der Waals surface area (Å²) < 4.78 is 0. The molecular formula is C15H23N3. The van der Waals surface area contributed by atoms with Crippen LogP contribution in [0, 0.1) is 12.8 Å². The van der Waals surface area contributed by atoms with Gasteiger partial charge in [0.1, 0.15) is 0 Å². The molecule has 0 bridgehead atoms. The first kappa shape index (κ1) is 12.0. The largest absolute Gasteiger partial charge is 0.384 e. The smallest absolute Gasteiger partial charge is 0.0412 e. The van der Waals surface area contributed by atoms with Crippen LogP contribution >= 0.6 is 0 Å². The zero-order chi connectivity index (χ0) is 12.5. The molecule has 3 nitrogen and oxygen atoms in total. The van der Waals surface area contributed by atoms with Crippen molar-refractivity contribution in [2.24, 2.45) is 5.92 Å². The van der Waals surface area contributed by atoms with Crippen molar-refractivity contribution in [3.8, 4) is 0 Å². The molecule has 1 aromatic rings. The number of nitrogens with one attached hydrogen (secondary N) is 2. The van der Waals surface area contributed by atoms with Crippen molar-refractivity contribution in [3.05, 3.63) is 29.3 Å². The van der Waals surface area contributed by atoms with Crippen molar-refractivity contribution in [1.82, 2.24) is 10.2 Å². The minimum absolute atomic E-state index is 0.586. The van der Waals surface area contributed by atoms with Gasteiger partial charge in [-0.3, -0.25) is 4.90 Å². The number of benzene rings is 1. The van der Waals surface area contributed by atoms with Crippen LogP contribution < -0.4 is 10.6 Å². The van der Waals surface area contributed by atoms with E-state index in [-0.39, 0.29) is 0 Å². The lowest BCUT2D eigenvalue weighted by molar-refractivity contribution is 0.132. The average Bonchev–Trinajstić information content (AvgIpc) is 2.39. The Morgan fingerprint density at radius 1 is 1.22 bits per heavy atom. The molecule has 0 aromatic heterocycles. The van der Waals surface area contributed by atoms with E-state index in [0.717, 1.165) is 19.6 Å². The van der Waals surface area contributed by atoms with Gasteiger partial charge in [0, 0.05) is 44.5 Å². The van der Waals surface area contributed by atoms with Crippen LogP contribution in [-0.4, -0.2) is 37.6 Å². The number of fused-ring (bicyclic) bond motifs is 1. The topological polar surface area (TPSA) is 27.3 Å². The fourth-order valence-electron chi connectivity index (χ4n) is 3.29. The first-order chi connectivity index (χ1) is 8.75. The fourth-order valence-corrected chi connectivity index (χ4v) is 3.29. The molecule has 2 atom stereocenters. The molecule has 0 radical (unpaired) electrons. The number of hydrogen-bond donors (Lipinski definition) is 2. The highest BCUT2D eigenvalue weighted by Gasteiger charge is 2.31. The molecule has 2 aliphatic heterocycles. The second kappa shape index (κ2) is 4.90. The van der Waals surface area contributed by atoms with Crippen LogP contribution in [0.2, 0.25) is 0 Å². The van der Waals surface area contributed by atoms with Crippen LogP contribution in [0.1, 0.15) is 24.1 Å². The monoisotopic (exact) mass is 245 g/mol. The van der Waals surface area contributed by atoms with E-state index in [1.54, 1.807) is 0 Å². The van der Waals surface area contributed by atoms with Gasteiger partial charge in [-0.05, 0) is 24.5 Å². The Balaban J connectivity index is 1.95. The lowest BCUT2D eigenvalue weighted by Crippen LogP contribution is -2.48. The molecule has 2 N–H and O–H groups in total. The molecule has 3 rings (SSSR count). The standard InChI is InChI=1S/C15H23N3/c1-11-3-4-14-13(9-11)15(12(2)10-17-14)18-7-5-16-6-8-18/h3-4,9,12,15-17H,5-8,10H2,1-2H3. The Bertz CT molecular complexity index is 424. The Labute approximate surface area is 110 Å². The van der Waals surface area contributed by atoms with Gasteiger partial charge in [0.15, 0.2) is 0 Å². The molecule has 0 spiro atoms. The van der Waals surface area contributed by atoms with Crippen molar-refractivity contribution in [3.63, 3.8) is 0 Å². The maximum absolute atomic E-state index is 3.57. The number of aryl methyl sites for hydroxylation is 1. The SMILES string of the molecule is Cc1ccc2c(c1)C(N1CCNCC1)C(C)CN2. The molecule has 2 unspecified atom stereocenters. The first-order valence-electron chi connectivity index (χ1n) is 7.05. The predicted molar refractivity (Wildman–Crippen MR) is 76.0 cm³/mol. The zero-order valence-electron chi connectivity index (χ0n) is 11.4. The van der Waals surface area contributed by atoms with E-state index >= 15 is 0 Å². The van der Waals surface area contributed by atoms with Crippen LogP contribution in [-0.2, 0) is 0 Å². The van der Waals surface area contributed by atoms with Crippen LogP contribution in [0.25, 0.3) is 0 Å². The van der Waals surface area contributed by atoms with Gasteiger partial charge in [0.25, 0.3) is 0 Å². The molecule has 2 heterocycles. The van der Waals surface area contributed by atoms with Crippen molar-refractivity contribution in [2.45, 2.75) is 19.9 Å². The number of piperazine rings is 1. The molecule has 1 fully saturated rings. The highest BCUT2D eigenvalue weighted by molar-refractivity contribution is 5.56. The minimum atomic E-state index is 0.586. The molecule has 18 heavy (non-hydrogen) atoms. The highest BCUT2D eigenvalue weighted by atomic mass is 15.2. The molecule has 0 amide bonds. The van der Waals surface area contributed by atoms with Gasteiger partial charge < -0.3 is 10.6 Å². The summed E-state index contributed by atoms with van der Waals surface area (Å²) in [6.07, 6.45) is 0. The second-order valence-electron chi connectivity index (χ2n) is 5.68. The number of hydrogen-bond acceptors (Lipinski definition) is 3. The number of anilines is 1. The van der Waals surface area contributed by atoms with Gasteiger partial charge in [-0.1, -0.05) is 24.6 Å². The third kappa shape index (κ3) is 2.13. The lowest BCUT2D eigenvalue weighted by Gasteiger charge is -2.42. The Hall–Kier alpha value is -1.06. The van der Waals surface area contributed by atoms with Crippen molar-refractivity contribution >= 4 is 5.69 Å². The van der Waals surface area contributed by atoms with Gasteiger partial charge in [-0.25, -0.2) is 0 Å². The van der Waals surface area contributed by atoms with E-state index in [0.29, 0.717) is 12.0 Å². The molecule has 0 aliphatic carbocycles. The summed E-state index contributed by atoms with van der Waals surface area (Å²) in [5.41, 5.74) is 4.20. The molecule has 1 aromatic carbocycles. The first-order valence-corrected chi connectivity index (χ1v) is 7.05. The summed E-state index contributed by atoms with van der Waals surface area (Å²) in [6.45, 7) is 10.2. The van der Waals surface area contributed by atoms with E-state index in [2.05, 4.69) is 47.6 Å². The molecule has 3 heteroatoms. The van der Waals surface area contributed by atoms with Crippen LogP contribution in [0.4, 0.5) is 5.69 Å². The van der Waals surface area contributed by atoms with Crippen LogP contribution in [0.3, 0.4) is 0 Å². The van der Waals surface area contributed by atoms with Gasteiger partial charge in [0.05, 0.1) is 0 Å². The maximum atomic E-state index is 3.57. The van der Waals surface area contributed by atoms with Gasteiger partial charge in [-0.2, -0.15) is 0 Å². The molecule has 98 valence electrons. The third-order valence-corrected chi connectivity index (χ3v) is 4.22. The highest BCUT2D eigenvalue weighted by Crippen LogP contribution is 2.38. The summed E-state index contributed by atoms with van der Waals surface area (Å²) in [5.74, 6) is 0.678. The summed E-state index contributed by atoms with van der Waals surface area (Å²) >= 11 is 0. The number of rotatable bonds is 1. The van der Waals surface area contributed by atoms with E-state index in [1.165, 1.54) is 29.9 Å². The van der Waals surface area contributed by atoms with Crippen molar-refractivity contribution in [2.75, 3.05) is 38.0 Å². The van der Waals surface area contributed by atoms with Crippen molar-refractivity contribution < 1.29 is 0 Å². The fraction of sp³-hybridized carbons (Fsp3) is 0.600. The Morgan fingerprint density at radius 2 is 2.00 bits per heavy atom. The van der Waals surface area contributed by atoms with E-state index < -0.39 is 0 Å². The molecule has 2 aliphatic rings. The Kier molecular flexibility index (Phi) is 3.27. The van der Waals surface area contributed by atoms with Crippen LogP contribution in [0.5, 0.6) is 0 Å². The second-order valence-corrected chi connectivity index (χ2v) is 5.68. The molecule has 1 saturated heterocycles. The lowest BCUT2D eigenvalue weighted by atomic mass is 9.87. The minimum Gasteiger partial charge on any atom is -0.384 e. The van der Waals surface area contributed by atoms with Gasteiger partial charge >= 0.3 is 0 Å². The predicted octanol–water partition coefficient (Wildman–Crippen LogP) is 2.00. The van der Waals surface area contributed by atoms with E-state index in [1.807, 2.05) is 0 Å². The van der Waals surface area contributed by atoms with Crippen molar-refractivity contribution in [1.29, 1.82) is 0 Å².